The number of benzene rings is 2. The molecule has 0 fully saturated rings. The van der Waals surface area contributed by atoms with Crippen molar-refractivity contribution in [2.45, 2.75) is 19.0 Å². The second-order valence-electron chi connectivity index (χ2n) is 6.00. The van der Waals surface area contributed by atoms with Gasteiger partial charge in [0.2, 0.25) is 0 Å². The minimum Gasteiger partial charge on any atom is -0.272 e. The second kappa shape index (κ2) is 9.09. The van der Waals surface area contributed by atoms with Gasteiger partial charge in [0.15, 0.2) is 5.16 Å². The molecule has 2 aromatic carbocycles. The molecule has 3 rings (SSSR count). The highest BCUT2D eigenvalue weighted by Gasteiger charge is 2.05. The molecular weight excluding hydrogens is 356 g/mol. The van der Waals surface area contributed by atoms with E-state index >= 15 is 0 Å². The maximum Gasteiger partial charge on any atom is 0.250 e. The van der Waals surface area contributed by atoms with Crippen molar-refractivity contribution in [2.75, 3.05) is 5.75 Å². The van der Waals surface area contributed by atoms with E-state index in [0.29, 0.717) is 5.16 Å². The van der Waals surface area contributed by atoms with E-state index in [1.54, 1.807) is 6.21 Å². The Labute approximate surface area is 163 Å². The third kappa shape index (κ3) is 5.76. The molecule has 1 N–H and O–H groups in total. The number of nitrogens with zero attached hydrogens (tertiary/aromatic N) is 3. The summed E-state index contributed by atoms with van der Waals surface area (Å²) in [4.78, 5) is 20.5. The van der Waals surface area contributed by atoms with Crippen molar-refractivity contribution in [3.63, 3.8) is 0 Å². The first-order valence-corrected chi connectivity index (χ1v) is 9.51. The van der Waals surface area contributed by atoms with Crippen LogP contribution < -0.4 is 5.43 Å². The third-order valence-corrected chi connectivity index (χ3v) is 4.56. The van der Waals surface area contributed by atoms with Crippen LogP contribution in [0.3, 0.4) is 0 Å². The van der Waals surface area contributed by atoms with Gasteiger partial charge in [-0.2, -0.15) is 5.10 Å². The lowest BCUT2D eigenvalue weighted by molar-refractivity contribution is -0.118. The first-order valence-electron chi connectivity index (χ1n) is 8.52. The lowest BCUT2D eigenvalue weighted by Crippen LogP contribution is -2.19. The number of hydrazone groups is 1. The zero-order valence-corrected chi connectivity index (χ0v) is 16.0. The van der Waals surface area contributed by atoms with Crippen molar-refractivity contribution in [1.29, 1.82) is 0 Å². The van der Waals surface area contributed by atoms with Crippen LogP contribution >= 0.6 is 11.8 Å². The predicted octanol–water partition coefficient (Wildman–Crippen LogP) is 4.00. The number of thioether (sulfide) groups is 1. The summed E-state index contributed by atoms with van der Waals surface area (Å²) >= 11 is 1.29. The number of aryl methyl sites for hydroxylation is 2. The molecule has 27 heavy (non-hydrogen) atoms. The Morgan fingerprint density at radius 1 is 1.00 bits per heavy atom. The summed E-state index contributed by atoms with van der Waals surface area (Å²) < 4.78 is 0. The second-order valence-corrected chi connectivity index (χ2v) is 6.95. The van der Waals surface area contributed by atoms with Crippen molar-refractivity contribution in [3.8, 4) is 11.1 Å². The molecule has 0 bridgehead atoms. The summed E-state index contributed by atoms with van der Waals surface area (Å²) in [5.41, 5.74) is 7.54. The smallest absolute Gasteiger partial charge is 0.250 e. The Balaban J connectivity index is 1.50. The van der Waals surface area contributed by atoms with Crippen molar-refractivity contribution in [1.82, 2.24) is 15.4 Å². The lowest BCUT2D eigenvalue weighted by atomic mass is 10.0. The Kier molecular flexibility index (Phi) is 6.33. The van der Waals surface area contributed by atoms with Crippen LogP contribution in [0.2, 0.25) is 0 Å². The molecule has 1 amide bonds. The van der Waals surface area contributed by atoms with Gasteiger partial charge in [0, 0.05) is 11.4 Å². The fourth-order valence-electron chi connectivity index (χ4n) is 2.49. The first-order chi connectivity index (χ1) is 13.1. The van der Waals surface area contributed by atoms with Crippen LogP contribution in [0.5, 0.6) is 0 Å². The average molecular weight is 376 g/mol. The molecule has 0 spiro atoms. The molecule has 6 heteroatoms. The summed E-state index contributed by atoms with van der Waals surface area (Å²) in [6.07, 6.45) is 1.63. The van der Waals surface area contributed by atoms with E-state index in [9.17, 15) is 4.79 Å². The van der Waals surface area contributed by atoms with Crippen molar-refractivity contribution >= 4 is 23.9 Å². The number of aromatic nitrogens is 2. The van der Waals surface area contributed by atoms with Crippen molar-refractivity contribution < 1.29 is 4.79 Å². The summed E-state index contributed by atoms with van der Waals surface area (Å²) in [6, 6.07) is 20.1. The van der Waals surface area contributed by atoms with Gasteiger partial charge in [-0.05, 0) is 36.6 Å². The molecule has 0 atom stereocenters. The summed E-state index contributed by atoms with van der Waals surface area (Å²) in [5.74, 6) is 0.0209. The zero-order chi connectivity index (χ0) is 19.1. The van der Waals surface area contributed by atoms with Crippen molar-refractivity contribution in [2.24, 2.45) is 5.10 Å². The number of rotatable bonds is 6. The molecule has 0 saturated carbocycles. The zero-order valence-electron chi connectivity index (χ0n) is 15.2. The molecule has 136 valence electrons. The highest BCUT2D eigenvalue weighted by Crippen LogP contribution is 2.18. The summed E-state index contributed by atoms with van der Waals surface area (Å²) in [7, 11) is 0. The van der Waals surface area contributed by atoms with E-state index in [0.717, 1.165) is 22.5 Å². The Morgan fingerprint density at radius 2 is 1.63 bits per heavy atom. The van der Waals surface area contributed by atoms with E-state index in [4.69, 9.17) is 0 Å². The standard InChI is InChI=1S/C21H20N4OS/c1-15-12-16(2)24-21(23-15)27-14-20(26)25-22-13-17-8-10-19(11-9-17)18-6-4-3-5-7-18/h3-13H,14H2,1-2H3,(H,25,26)/b22-13+. The van der Waals surface area contributed by atoms with Gasteiger partial charge >= 0.3 is 0 Å². The average Bonchev–Trinajstić information content (AvgIpc) is 2.67. The van der Waals surface area contributed by atoms with Gasteiger partial charge in [0.25, 0.3) is 5.91 Å². The summed E-state index contributed by atoms with van der Waals surface area (Å²) in [5, 5.41) is 4.61. The molecule has 0 unspecified atom stereocenters. The number of amides is 1. The molecular formula is C21H20N4OS. The predicted molar refractivity (Wildman–Crippen MR) is 110 cm³/mol. The molecule has 1 heterocycles. The quantitative estimate of drug-likeness (QED) is 0.306. The molecule has 0 radical (unpaired) electrons. The van der Waals surface area contributed by atoms with Crippen LogP contribution in [0.15, 0.2) is 70.9 Å². The Bertz CT molecular complexity index is 920. The fourth-order valence-corrected chi connectivity index (χ4v) is 3.23. The molecule has 1 aromatic heterocycles. The highest BCUT2D eigenvalue weighted by molar-refractivity contribution is 7.99. The fraction of sp³-hybridized carbons (Fsp3) is 0.143. The van der Waals surface area contributed by atoms with E-state index < -0.39 is 0 Å². The van der Waals surface area contributed by atoms with Gasteiger partial charge in [-0.25, -0.2) is 15.4 Å². The molecule has 0 aliphatic rings. The van der Waals surface area contributed by atoms with Gasteiger partial charge in [-0.15, -0.1) is 0 Å². The van der Waals surface area contributed by atoms with Gasteiger partial charge < -0.3 is 0 Å². The van der Waals surface area contributed by atoms with E-state index in [-0.39, 0.29) is 11.7 Å². The van der Waals surface area contributed by atoms with Crippen LogP contribution in [-0.2, 0) is 4.79 Å². The maximum atomic E-state index is 11.9. The number of nitrogens with one attached hydrogen (secondary N) is 1. The molecule has 3 aromatic rings. The maximum absolute atomic E-state index is 11.9. The van der Waals surface area contributed by atoms with Gasteiger partial charge in [-0.3, -0.25) is 4.79 Å². The van der Waals surface area contributed by atoms with Gasteiger partial charge in [-0.1, -0.05) is 66.4 Å². The van der Waals surface area contributed by atoms with Gasteiger partial charge in [0.1, 0.15) is 0 Å². The molecule has 0 aliphatic heterocycles. The molecule has 0 aliphatic carbocycles. The SMILES string of the molecule is Cc1cc(C)nc(SCC(=O)N/N=C/c2ccc(-c3ccccc3)cc2)n1. The minimum atomic E-state index is -0.195. The van der Waals surface area contributed by atoms with E-state index in [1.165, 1.54) is 17.3 Å². The largest absolute Gasteiger partial charge is 0.272 e. The minimum absolute atomic E-state index is 0.195. The van der Waals surface area contributed by atoms with E-state index in [1.807, 2.05) is 62.4 Å². The van der Waals surface area contributed by atoms with Crippen molar-refractivity contribution in [3.05, 3.63) is 77.6 Å². The number of carbonyl (C=O) groups is 1. The molecule has 0 saturated heterocycles. The number of carbonyl (C=O) groups excluding carboxylic acids is 1. The topological polar surface area (TPSA) is 67.2 Å². The Hall–Kier alpha value is -2.99. The van der Waals surface area contributed by atoms with E-state index in [2.05, 4.69) is 32.6 Å². The van der Waals surface area contributed by atoms with Crippen LogP contribution in [0, 0.1) is 13.8 Å². The first kappa shape index (κ1) is 18.8. The van der Waals surface area contributed by atoms with Crippen LogP contribution in [0.25, 0.3) is 11.1 Å². The van der Waals surface area contributed by atoms with Gasteiger partial charge in [0.05, 0.1) is 12.0 Å². The van der Waals surface area contributed by atoms with Crippen LogP contribution in [0.1, 0.15) is 17.0 Å². The number of hydrogen-bond acceptors (Lipinski definition) is 5. The summed E-state index contributed by atoms with van der Waals surface area (Å²) in [6.45, 7) is 3.82. The third-order valence-electron chi connectivity index (χ3n) is 3.71. The normalized spacial score (nSPS) is 10.9. The molecule has 5 nitrogen and oxygen atoms in total. The van der Waals surface area contributed by atoms with Crippen LogP contribution in [0.4, 0.5) is 0 Å². The van der Waals surface area contributed by atoms with Crippen LogP contribution in [-0.4, -0.2) is 27.8 Å². The Morgan fingerprint density at radius 3 is 2.30 bits per heavy atom. The monoisotopic (exact) mass is 376 g/mol. The number of hydrogen-bond donors (Lipinski definition) is 1. The highest BCUT2D eigenvalue weighted by atomic mass is 32.2. The lowest BCUT2D eigenvalue weighted by Gasteiger charge is -2.03.